The van der Waals surface area contributed by atoms with E-state index in [1.807, 2.05) is 50.2 Å². The Balaban J connectivity index is 1.95. The molecule has 3 rings (SSSR count). The van der Waals surface area contributed by atoms with Crippen LogP contribution in [0.5, 0.6) is 11.5 Å². The number of hydrogen-bond acceptors (Lipinski definition) is 3. The molecule has 0 aromatic heterocycles. The van der Waals surface area contributed by atoms with Crippen LogP contribution in [-0.2, 0) is 0 Å². The van der Waals surface area contributed by atoms with E-state index in [9.17, 15) is 4.79 Å². The molecule has 1 heterocycles. The van der Waals surface area contributed by atoms with Crippen LogP contribution in [0.2, 0.25) is 0 Å². The van der Waals surface area contributed by atoms with Gasteiger partial charge in [-0.15, -0.1) is 0 Å². The molecule has 0 aliphatic carbocycles. The van der Waals surface area contributed by atoms with Crippen LogP contribution in [0.1, 0.15) is 39.6 Å². The number of benzene rings is 2. The van der Waals surface area contributed by atoms with Gasteiger partial charge in [0.15, 0.2) is 5.78 Å². The van der Waals surface area contributed by atoms with E-state index in [0.29, 0.717) is 12.2 Å². The number of ether oxygens (including phenoxy) is 2. The number of fused-ring (bicyclic) bond motifs is 1. The Bertz CT molecular complexity index is 686. The van der Waals surface area contributed by atoms with Crippen LogP contribution < -0.4 is 9.47 Å². The van der Waals surface area contributed by atoms with Crippen LogP contribution in [0.4, 0.5) is 0 Å². The van der Waals surface area contributed by atoms with Crippen molar-refractivity contribution in [2.45, 2.75) is 26.4 Å². The molecule has 0 N–H and O–H groups in total. The molecule has 1 aliphatic heterocycles. The van der Waals surface area contributed by atoms with Crippen molar-refractivity contribution in [3.63, 3.8) is 0 Å². The Kier molecular flexibility index (Phi) is 3.42. The molecule has 0 saturated carbocycles. The van der Waals surface area contributed by atoms with Gasteiger partial charge >= 0.3 is 0 Å². The fraction of sp³-hybridized carbons (Fsp3) is 0.278. The molecule has 1 unspecified atom stereocenters. The molecule has 2 aromatic rings. The molecule has 0 amide bonds. The van der Waals surface area contributed by atoms with E-state index < -0.39 is 0 Å². The Labute approximate surface area is 124 Å². The van der Waals surface area contributed by atoms with Gasteiger partial charge in [-0.2, -0.15) is 0 Å². The molecule has 1 atom stereocenters. The number of rotatable bonds is 2. The van der Waals surface area contributed by atoms with Gasteiger partial charge in [0.2, 0.25) is 0 Å². The van der Waals surface area contributed by atoms with E-state index in [-0.39, 0.29) is 11.9 Å². The summed E-state index contributed by atoms with van der Waals surface area (Å²) in [5.74, 6) is 1.65. The molecular weight excluding hydrogens is 264 g/mol. The van der Waals surface area contributed by atoms with Gasteiger partial charge in [0.05, 0.1) is 19.1 Å². The monoisotopic (exact) mass is 282 g/mol. The average molecular weight is 282 g/mol. The summed E-state index contributed by atoms with van der Waals surface area (Å²) in [6.45, 7) is 3.97. The van der Waals surface area contributed by atoms with Crippen molar-refractivity contribution in [3.05, 3.63) is 58.7 Å². The summed E-state index contributed by atoms with van der Waals surface area (Å²) in [5.41, 5.74) is 3.82. The molecule has 108 valence electrons. The molecule has 0 bridgehead atoms. The fourth-order valence-electron chi connectivity index (χ4n) is 2.85. The van der Waals surface area contributed by atoms with E-state index in [1.54, 1.807) is 7.11 Å². The van der Waals surface area contributed by atoms with Gasteiger partial charge < -0.3 is 9.47 Å². The first kappa shape index (κ1) is 13.7. The third kappa shape index (κ3) is 2.51. The summed E-state index contributed by atoms with van der Waals surface area (Å²) >= 11 is 0. The molecule has 1 aliphatic rings. The standard InChI is InChI=1S/C18H18O3/c1-11-8-12(2)18-15(19)10-16(21-17(18)9-11)13-4-6-14(20-3)7-5-13/h4-9,16H,10H2,1-3H3. The van der Waals surface area contributed by atoms with Crippen LogP contribution in [-0.4, -0.2) is 12.9 Å². The number of carbonyl (C=O) groups excluding carboxylic acids is 1. The number of Topliss-reactive ketones (excluding diaryl/α,β-unsaturated/α-hetero) is 1. The topological polar surface area (TPSA) is 35.5 Å². The molecule has 0 spiro atoms. The lowest BCUT2D eigenvalue weighted by molar-refractivity contribution is 0.0849. The molecule has 0 radical (unpaired) electrons. The lowest BCUT2D eigenvalue weighted by atomic mass is 9.92. The van der Waals surface area contributed by atoms with Gasteiger partial charge in [0.25, 0.3) is 0 Å². The second-order valence-electron chi connectivity index (χ2n) is 5.46. The smallest absolute Gasteiger partial charge is 0.170 e. The predicted octanol–water partition coefficient (Wildman–Crippen LogP) is 4.02. The second-order valence-corrected chi connectivity index (χ2v) is 5.46. The first-order valence-electron chi connectivity index (χ1n) is 7.03. The highest BCUT2D eigenvalue weighted by Crippen LogP contribution is 2.37. The van der Waals surface area contributed by atoms with Crippen LogP contribution in [0.3, 0.4) is 0 Å². The van der Waals surface area contributed by atoms with E-state index in [1.165, 1.54) is 0 Å². The lowest BCUT2D eigenvalue weighted by Crippen LogP contribution is -2.21. The van der Waals surface area contributed by atoms with Gasteiger partial charge in [-0.25, -0.2) is 0 Å². The molecule has 3 heteroatoms. The van der Waals surface area contributed by atoms with Crippen molar-refractivity contribution < 1.29 is 14.3 Å². The highest BCUT2D eigenvalue weighted by molar-refractivity contribution is 6.01. The maximum absolute atomic E-state index is 12.4. The number of hydrogen-bond donors (Lipinski definition) is 0. The zero-order chi connectivity index (χ0) is 15.0. The lowest BCUT2D eigenvalue weighted by Gasteiger charge is -2.27. The second kappa shape index (κ2) is 5.24. The SMILES string of the molecule is COc1ccc(C2CC(=O)c3c(C)cc(C)cc3O2)cc1. The average Bonchev–Trinajstić information content (AvgIpc) is 2.46. The number of ketones is 1. The molecule has 0 saturated heterocycles. The van der Waals surface area contributed by atoms with Crippen molar-refractivity contribution in [2.24, 2.45) is 0 Å². The minimum atomic E-state index is -0.225. The van der Waals surface area contributed by atoms with Crippen LogP contribution >= 0.6 is 0 Å². The fourth-order valence-corrected chi connectivity index (χ4v) is 2.85. The molecule has 0 fully saturated rings. The van der Waals surface area contributed by atoms with E-state index >= 15 is 0 Å². The summed E-state index contributed by atoms with van der Waals surface area (Å²) in [5, 5.41) is 0. The Hall–Kier alpha value is -2.29. The van der Waals surface area contributed by atoms with Crippen molar-refractivity contribution in [1.29, 1.82) is 0 Å². The molecule has 3 nitrogen and oxygen atoms in total. The van der Waals surface area contributed by atoms with Gasteiger partial charge in [-0.1, -0.05) is 18.2 Å². The predicted molar refractivity (Wildman–Crippen MR) is 81.2 cm³/mol. The number of aryl methyl sites for hydroxylation is 2. The maximum Gasteiger partial charge on any atom is 0.170 e. The minimum Gasteiger partial charge on any atom is -0.497 e. The Morgan fingerprint density at radius 2 is 1.86 bits per heavy atom. The Morgan fingerprint density at radius 1 is 1.14 bits per heavy atom. The first-order valence-corrected chi connectivity index (χ1v) is 7.03. The first-order chi connectivity index (χ1) is 10.1. The van der Waals surface area contributed by atoms with Crippen molar-refractivity contribution in [2.75, 3.05) is 7.11 Å². The van der Waals surface area contributed by atoms with Gasteiger partial charge in [0.1, 0.15) is 17.6 Å². The van der Waals surface area contributed by atoms with Gasteiger partial charge in [-0.3, -0.25) is 4.79 Å². The Morgan fingerprint density at radius 3 is 2.52 bits per heavy atom. The third-order valence-electron chi connectivity index (χ3n) is 3.85. The summed E-state index contributed by atoms with van der Waals surface area (Å²) in [4.78, 5) is 12.4. The molecule has 21 heavy (non-hydrogen) atoms. The van der Waals surface area contributed by atoms with E-state index in [2.05, 4.69) is 0 Å². The number of carbonyl (C=O) groups is 1. The normalized spacial score (nSPS) is 17.1. The third-order valence-corrected chi connectivity index (χ3v) is 3.85. The van der Waals surface area contributed by atoms with Crippen molar-refractivity contribution >= 4 is 5.78 Å². The zero-order valence-corrected chi connectivity index (χ0v) is 12.5. The van der Waals surface area contributed by atoms with Gasteiger partial charge in [0, 0.05) is 0 Å². The maximum atomic E-state index is 12.4. The molecule has 2 aromatic carbocycles. The highest BCUT2D eigenvalue weighted by Gasteiger charge is 2.29. The highest BCUT2D eigenvalue weighted by atomic mass is 16.5. The minimum absolute atomic E-state index is 0.148. The van der Waals surface area contributed by atoms with Gasteiger partial charge in [-0.05, 0) is 48.7 Å². The zero-order valence-electron chi connectivity index (χ0n) is 12.5. The van der Waals surface area contributed by atoms with E-state index in [4.69, 9.17) is 9.47 Å². The van der Waals surface area contributed by atoms with E-state index in [0.717, 1.165) is 28.0 Å². The van der Waals surface area contributed by atoms with Crippen molar-refractivity contribution in [1.82, 2.24) is 0 Å². The van der Waals surface area contributed by atoms with Crippen molar-refractivity contribution in [3.8, 4) is 11.5 Å². The largest absolute Gasteiger partial charge is 0.497 e. The molecular formula is C18H18O3. The summed E-state index contributed by atoms with van der Waals surface area (Å²) < 4.78 is 11.2. The van der Waals surface area contributed by atoms with Crippen LogP contribution in [0.25, 0.3) is 0 Å². The van der Waals surface area contributed by atoms with Crippen LogP contribution in [0.15, 0.2) is 36.4 Å². The summed E-state index contributed by atoms with van der Waals surface area (Å²) in [7, 11) is 1.64. The quantitative estimate of drug-likeness (QED) is 0.834. The van der Waals surface area contributed by atoms with Crippen LogP contribution in [0, 0.1) is 13.8 Å². The summed E-state index contributed by atoms with van der Waals surface area (Å²) in [6, 6.07) is 11.6. The number of methoxy groups -OCH3 is 1. The summed E-state index contributed by atoms with van der Waals surface area (Å²) in [6.07, 6.45) is 0.153.